The molecule has 1 aromatic heterocycles. The van der Waals surface area contributed by atoms with Gasteiger partial charge in [-0.15, -0.1) is 0 Å². The van der Waals surface area contributed by atoms with Crippen LogP contribution in [-0.2, 0) is 6.61 Å². The van der Waals surface area contributed by atoms with E-state index in [1.807, 2.05) is 6.92 Å². The average molecular weight is 268 g/mol. The van der Waals surface area contributed by atoms with E-state index in [9.17, 15) is 0 Å². The quantitative estimate of drug-likeness (QED) is 0.922. The third-order valence-electron chi connectivity index (χ3n) is 2.38. The monoisotopic (exact) mass is 267 g/mol. The molecule has 0 aliphatic heterocycles. The molecule has 2 N–H and O–H groups in total. The van der Waals surface area contributed by atoms with Gasteiger partial charge in [0.05, 0.1) is 0 Å². The van der Waals surface area contributed by atoms with E-state index in [1.165, 1.54) is 0 Å². The number of aromatic nitrogens is 2. The first-order valence-electron chi connectivity index (χ1n) is 5.53. The fourth-order valence-corrected chi connectivity index (χ4v) is 1.73. The Bertz CT molecular complexity index is 540. The topological polar surface area (TPSA) is 74.2 Å². The molecule has 0 spiro atoms. The van der Waals surface area contributed by atoms with Gasteiger partial charge in [0, 0.05) is 16.6 Å². The highest BCUT2D eigenvalue weighted by molar-refractivity contribution is 6.30. The summed E-state index contributed by atoms with van der Waals surface area (Å²) in [6.45, 7) is 3.83. The molecular formula is C12H14ClN3O2. The van der Waals surface area contributed by atoms with Crippen molar-refractivity contribution in [2.24, 2.45) is 5.73 Å². The van der Waals surface area contributed by atoms with Gasteiger partial charge in [-0.1, -0.05) is 16.8 Å². The minimum Gasteiger partial charge on any atom is -0.483 e. The number of rotatable bonds is 4. The van der Waals surface area contributed by atoms with Gasteiger partial charge in [0.25, 0.3) is 5.89 Å². The molecule has 0 fully saturated rings. The molecular weight excluding hydrogens is 254 g/mol. The Morgan fingerprint density at radius 3 is 2.89 bits per heavy atom. The molecule has 0 radical (unpaired) electrons. The third kappa shape index (κ3) is 3.00. The fraction of sp³-hybridized carbons (Fsp3) is 0.333. The highest BCUT2D eigenvalue weighted by atomic mass is 35.5. The largest absolute Gasteiger partial charge is 0.483 e. The van der Waals surface area contributed by atoms with Crippen molar-refractivity contribution < 1.29 is 9.26 Å². The van der Waals surface area contributed by atoms with Crippen LogP contribution < -0.4 is 10.5 Å². The second-order valence-corrected chi connectivity index (χ2v) is 4.43. The second kappa shape index (κ2) is 5.37. The molecule has 0 saturated heterocycles. The first-order valence-corrected chi connectivity index (χ1v) is 5.91. The van der Waals surface area contributed by atoms with E-state index < -0.39 is 0 Å². The Kier molecular flexibility index (Phi) is 3.84. The molecule has 2 aromatic rings. The van der Waals surface area contributed by atoms with Crippen molar-refractivity contribution in [2.75, 3.05) is 0 Å². The van der Waals surface area contributed by atoms with Crippen LogP contribution in [0.4, 0.5) is 0 Å². The SMILES string of the molecule is Cc1noc(COc2ccc(Cl)cc2[C@H](C)N)n1. The molecule has 6 heteroatoms. The summed E-state index contributed by atoms with van der Waals surface area (Å²) in [5, 5.41) is 4.32. The summed E-state index contributed by atoms with van der Waals surface area (Å²) in [4.78, 5) is 4.06. The van der Waals surface area contributed by atoms with Gasteiger partial charge in [-0.05, 0) is 32.0 Å². The van der Waals surface area contributed by atoms with E-state index in [0.29, 0.717) is 22.5 Å². The maximum Gasteiger partial charge on any atom is 0.264 e. The lowest BCUT2D eigenvalue weighted by Crippen LogP contribution is -2.08. The number of hydrogen-bond donors (Lipinski definition) is 1. The Hall–Kier alpha value is -1.59. The van der Waals surface area contributed by atoms with E-state index in [4.69, 9.17) is 26.6 Å². The van der Waals surface area contributed by atoms with Crippen molar-refractivity contribution in [3.8, 4) is 5.75 Å². The Labute approximate surface area is 110 Å². The zero-order chi connectivity index (χ0) is 13.1. The highest BCUT2D eigenvalue weighted by Crippen LogP contribution is 2.27. The van der Waals surface area contributed by atoms with Gasteiger partial charge in [0.15, 0.2) is 12.4 Å². The summed E-state index contributed by atoms with van der Waals surface area (Å²) in [5.41, 5.74) is 6.71. The molecule has 5 nitrogen and oxygen atoms in total. The number of ether oxygens (including phenoxy) is 1. The predicted molar refractivity (Wildman–Crippen MR) is 67.4 cm³/mol. The van der Waals surface area contributed by atoms with E-state index in [-0.39, 0.29) is 12.6 Å². The summed E-state index contributed by atoms with van der Waals surface area (Å²) >= 11 is 5.93. The molecule has 1 aromatic carbocycles. The summed E-state index contributed by atoms with van der Waals surface area (Å²) in [5.74, 6) is 1.68. The van der Waals surface area contributed by atoms with Gasteiger partial charge in [-0.25, -0.2) is 0 Å². The van der Waals surface area contributed by atoms with Crippen molar-refractivity contribution >= 4 is 11.6 Å². The summed E-state index contributed by atoms with van der Waals surface area (Å²) in [7, 11) is 0. The first-order chi connectivity index (χ1) is 8.56. The lowest BCUT2D eigenvalue weighted by Gasteiger charge is -2.13. The van der Waals surface area contributed by atoms with E-state index >= 15 is 0 Å². The molecule has 1 heterocycles. The van der Waals surface area contributed by atoms with Crippen LogP contribution in [0.3, 0.4) is 0 Å². The highest BCUT2D eigenvalue weighted by Gasteiger charge is 2.11. The van der Waals surface area contributed by atoms with Crippen LogP contribution in [0.15, 0.2) is 22.7 Å². The molecule has 96 valence electrons. The Morgan fingerprint density at radius 1 is 1.50 bits per heavy atom. The fourth-order valence-electron chi connectivity index (χ4n) is 1.54. The maximum atomic E-state index is 5.93. The van der Waals surface area contributed by atoms with E-state index in [2.05, 4.69) is 10.1 Å². The first kappa shape index (κ1) is 12.9. The smallest absolute Gasteiger partial charge is 0.264 e. The third-order valence-corrected chi connectivity index (χ3v) is 2.62. The summed E-state index contributed by atoms with van der Waals surface area (Å²) < 4.78 is 10.6. The van der Waals surface area contributed by atoms with Crippen molar-refractivity contribution in [1.82, 2.24) is 10.1 Å². The van der Waals surface area contributed by atoms with Crippen LogP contribution in [0.2, 0.25) is 5.02 Å². The molecule has 0 unspecified atom stereocenters. The predicted octanol–water partition coefficient (Wildman–Crippen LogP) is 2.63. The molecule has 18 heavy (non-hydrogen) atoms. The van der Waals surface area contributed by atoms with Crippen LogP contribution in [0.25, 0.3) is 0 Å². The van der Waals surface area contributed by atoms with Crippen molar-refractivity contribution in [2.45, 2.75) is 26.5 Å². The Morgan fingerprint density at radius 2 is 2.28 bits per heavy atom. The minimum atomic E-state index is -0.164. The number of nitrogens with two attached hydrogens (primary N) is 1. The number of aryl methyl sites for hydroxylation is 1. The zero-order valence-electron chi connectivity index (χ0n) is 10.2. The standard InChI is InChI=1S/C12H14ClN3O2/c1-7(14)10-5-9(13)3-4-11(10)17-6-12-15-8(2)16-18-12/h3-5,7H,6,14H2,1-2H3/t7-/m0/s1. The van der Waals surface area contributed by atoms with Gasteiger partial charge >= 0.3 is 0 Å². The van der Waals surface area contributed by atoms with Crippen molar-refractivity contribution in [1.29, 1.82) is 0 Å². The average Bonchev–Trinajstić information content (AvgIpc) is 2.73. The summed E-state index contributed by atoms with van der Waals surface area (Å²) in [6, 6.07) is 5.16. The van der Waals surface area contributed by atoms with Crippen LogP contribution in [0.1, 0.15) is 30.2 Å². The lowest BCUT2D eigenvalue weighted by atomic mass is 10.1. The van der Waals surface area contributed by atoms with Gasteiger partial charge in [0.1, 0.15) is 5.75 Å². The minimum absolute atomic E-state index is 0.164. The number of benzene rings is 1. The van der Waals surface area contributed by atoms with Gasteiger partial charge < -0.3 is 15.0 Å². The molecule has 0 amide bonds. The second-order valence-electron chi connectivity index (χ2n) is 3.99. The number of nitrogens with zero attached hydrogens (tertiary/aromatic N) is 2. The molecule has 0 aliphatic carbocycles. The maximum absolute atomic E-state index is 5.93. The van der Waals surface area contributed by atoms with Crippen LogP contribution in [-0.4, -0.2) is 10.1 Å². The zero-order valence-corrected chi connectivity index (χ0v) is 10.9. The van der Waals surface area contributed by atoms with Crippen LogP contribution in [0, 0.1) is 6.92 Å². The molecule has 0 aliphatic rings. The van der Waals surface area contributed by atoms with Gasteiger partial charge in [-0.3, -0.25) is 0 Å². The van der Waals surface area contributed by atoms with Gasteiger partial charge in [-0.2, -0.15) is 4.98 Å². The van der Waals surface area contributed by atoms with E-state index in [1.54, 1.807) is 25.1 Å². The lowest BCUT2D eigenvalue weighted by molar-refractivity contribution is 0.240. The molecule has 0 bridgehead atoms. The van der Waals surface area contributed by atoms with Crippen molar-refractivity contribution in [3.63, 3.8) is 0 Å². The van der Waals surface area contributed by atoms with Crippen LogP contribution in [0.5, 0.6) is 5.75 Å². The van der Waals surface area contributed by atoms with E-state index in [0.717, 1.165) is 5.56 Å². The molecule has 2 rings (SSSR count). The number of halogens is 1. The molecule has 1 atom stereocenters. The van der Waals surface area contributed by atoms with Gasteiger partial charge in [0.2, 0.25) is 0 Å². The number of hydrogen-bond acceptors (Lipinski definition) is 5. The normalized spacial score (nSPS) is 12.4. The van der Waals surface area contributed by atoms with Crippen molar-refractivity contribution in [3.05, 3.63) is 40.5 Å². The summed E-state index contributed by atoms with van der Waals surface area (Å²) in [6.07, 6.45) is 0. The molecule has 0 saturated carbocycles. The Balaban J connectivity index is 2.13. The van der Waals surface area contributed by atoms with Crippen LogP contribution >= 0.6 is 11.6 Å².